The van der Waals surface area contributed by atoms with Gasteiger partial charge in [-0.3, -0.25) is 14.4 Å². The van der Waals surface area contributed by atoms with Crippen LogP contribution >= 0.6 is 14.7 Å². The van der Waals surface area contributed by atoms with Gasteiger partial charge in [0, 0.05) is 32.5 Å². The van der Waals surface area contributed by atoms with Crippen LogP contribution in [-0.4, -0.2) is 63.3 Å². The van der Waals surface area contributed by atoms with Crippen molar-refractivity contribution in [2.45, 2.75) is 104 Å². The van der Waals surface area contributed by atoms with Crippen molar-refractivity contribution in [2.75, 3.05) is 39.6 Å². The van der Waals surface area contributed by atoms with Gasteiger partial charge in [-0.25, -0.2) is 0 Å². The van der Waals surface area contributed by atoms with Crippen molar-refractivity contribution in [2.24, 2.45) is 0 Å². The lowest BCUT2D eigenvalue weighted by Gasteiger charge is -2.40. The normalized spacial score (nSPS) is 20.5. The van der Waals surface area contributed by atoms with Crippen LogP contribution in [-0.2, 0) is 37.1 Å². The summed E-state index contributed by atoms with van der Waals surface area (Å²) in [4.78, 5) is 0. The molecule has 11 heteroatoms. The zero-order valence-electron chi connectivity index (χ0n) is 21.5. The molecule has 0 bridgehead atoms. The summed E-state index contributed by atoms with van der Waals surface area (Å²) in [5, 5.41) is 3.45. The van der Waals surface area contributed by atoms with Crippen molar-refractivity contribution < 1.29 is 37.1 Å². The summed E-state index contributed by atoms with van der Waals surface area (Å²) in [6, 6.07) is -2.37. The highest BCUT2D eigenvalue weighted by atomic mass is 31.2. The maximum absolute atomic E-state index is 14.7. The first-order valence-electron chi connectivity index (χ1n) is 12.6. The molecular formula is C22H47NO8P2. The average Bonchev–Trinajstić information content (AvgIpc) is 3.06. The second-order valence-electron chi connectivity index (χ2n) is 7.79. The van der Waals surface area contributed by atoms with Gasteiger partial charge in [0.15, 0.2) is 5.52 Å². The zero-order valence-corrected chi connectivity index (χ0v) is 23.2. The van der Waals surface area contributed by atoms with Gasteiger partial charge in [0.05, 0.1) is 13.2 Å². The molecule has 0 heterocycles. The smallest absolute Gasteiger partial charge is 0.283 e. The minimum Gasteiger partial charge on any atom is -0.345 e. The summed E-state index contributed by atoms with van der Waals surface area (Å²) in [6.07, 6.45) is 6.16. The Morgan fingerprint density at radius 1 is 0.636 bits per heavy atom. The number of ether oxygens (including phenoxy) is 4. The summed E-state index contributed by atoms with van der Waals surface area (Å²) in [5.41, 5.74) is -1.20. The Labute approximate surface area is 200 Å². The summed E-state index contributed by atoms with van der Waals surface area (Å²) in [6.45, 7) is 12.0. The molecule has 0 saturated heterocycles. The lowest BCUT2D eigenvalue weighted by Crippen LogP contribution is -2.44. The molecule has 2 unspecified atom stereocenters. The molecule has 0 aliphatic heterocycles. The van der Waals surface area contributed by atoms with Crippen molar-refractivity contribution in [3.8, 4) is 0 Å². The van der Waals surface area contributed by atoms with Crippen LogP contribution in [0, 0.1) is 0 Å². The fourth-order valence-corrected chi connectivity index (χ4v) is 11.0. The van der Waals surface area contributed by atoms with Crippen molar-refractivity contribution in [1.29, 1.82) is 0 Å². The van der Waals surface area contributed by atoms with Crippen LogP contribution in [0.15, 0.2) is 0 Å². The molecule has 0 aromatic heterocycles. The summed E-state index contributed by atoms with van der Waals surface area (Å²) in [5.74, 6) is 0. The molecule has 0 aromatic carbocycles. The van der Waals surface area contributed by atoms with Crippen LogP contribution in [0.1, 0.15) is 80.1 Å². The topological polar surface area (TPSA) is 102 Å². The van der Waals surface area contributed by atoms with E-state index in [0.717, 1.165) is 38.5 Å². The van der Waals surface area contributed by atoms with Gasteiger partial charge in [0.2, 0.25) is 12.1 Å². The van der Waals surface area contributed by atoms with E-state index in [4.69, 9.17) is 28.0 Å². The van der Waals surface area contributed by atoms with Crippen molar-refractivity contribution in [3.05, 3.63) is 0 Å². The Morgan fingerprint density at radius 2 is 1.00 bits per heavy atom. The Kier molecular flexibility index (Phi) is 15.9. The molecule has 0 amide bonds. The second kappa shape index (κ2) is 16.8. The first kappa shape index (κ1) is 31.2. The van der Waals surface area contributed by atoms with E-state index in [1.54, 1.807) is 41.5 Å². The molecule has 1 aliphatic carbocycles. The molecule has 0 aromatic rings. The lowest BCUT2D eigenvalue weighted by atomic mass is 10.1. The summed E-state index contributed by atoms with van der Waals surface area (Å²) < 4.78 is 64.2. The molecular weight excluding hydrogens is 468 g/mol. The quantitative estimate of drug-likeness (QED) is 0.135. The van der Waals surface area contributed by atoms with Gasteiger partial charge in [-0.1, -0.05) is 25.7 Å². The first-order valence-corrected chi connectivity index (χ1v) is 16.1. The van der Waals surface area contributed by atoms with Crippen LogP contribution in [0.4, 0.5) is 0 Å². The van der Waals surface area contributed by atoms with E-state index in [1.165, 1.54) is 0 Å². The minimum absolute atomic E-state index is 0.00729. The third-order valence-corrected chi connectivity index (χ3v) is 12.1. The molecule has 1 aliphatic rings. The van der Waals surface area contributed by atoms with E-state index < -0.39 is 32.3 Å². The number of rotatable bonds is 18. The molecule has 1 rings (SSSR count). The number of nitrogens with one attached hydrogen (secondary N) is 1. The second-order valence-corrected chi connectivity index (χ2v) is 13.2. The average molecular weight is 516 g/mol. The van der Waals surface area contributed by atoms with Crippen molar-refractivity contribution in [3.63, 3.8) is 0 Å². The largest absolute Gasteiger partial charge is 0.345 e. The molecule has 198 valence electrons. The number of hydrogen-bond acceptors (Lipinski definition) is 9. The zero-order chi connectivity index (χ0) is 24.7. The predicted molar refractivity (Wildman–Crippen MR) is 131 cm³/mol. The third kappa shape index (κ3) is 8.96. The molecule has 0 spiro atoms. The molecule has 1 saturated carbocycles. The third-order valence-electron chi connectivity index (χ3n) is 5.41. The van der Waals surface area contributed by atoms with E-state index in [0.29, 0.717) is 0 Å². The SMILES string of the molecule is CCOC(OCC)P(=O)(OCC)C(NC1CCCCCC1)P(=O)(OCC)C(OCC)OCC. The first-order chi connectivity index (χ1) is 15.9. The van der Waals surface area contributed by atoms with Crippen LogP contribution in [0.3, 0.4) is 0 Å². The fourth-order valence-electron chi connectivity index (χ4n) is 4.07. The van der Waals surface area contributed by atoms with E-state index in [-0.39, 0.29) is 45.7 Å². The fraction of sp³-hybridized carbons (Fsp3) is 1.00. The standard InChI is InChI=1S/C22H47NO8P2/c1-7-26-21(27-8-2)32(24,30-11-5)20(23-19-17-15-13-14-16-18-19)33(25,31-12-6)22(28-9-3)29-10-4/h19-23H,7-18H2,1-6H3. The van der Waals surface area contributed by atoms with Gasteiger partial charge in [0.1, 0.15) is 0 Å². The number of hydrogen-bond donors (Lipinski definition) is 1. The van der Waals surface area contributed by atoms with Gasteiger partial charge in [-0.2, -0.15) is 0 Å². The van der Waals surface area contributed by atoms with Crippen LogP contribution in [0.25, 0.3) is 0 Å². The Morgan fingerprint density at radius 3 is 1.30 bits per heavy atom. The minimum atomic E-state index is -3.91. The van der Waals surface area contributed by atoms with Gasteiger partial charge in [-0.05, 0) is 54.4 Å². The van der Waals surface area contributed by atoms with E-state index in [2.05, 4.69) is 5.32 Å². The molecule has 33 heavy (non-hydrogen) atoms. The lowest BCUT2D eigenvalue weighted by molar-refractivity contribution is -0.0934. The van der Waals surface area contributed by atoms with E-state index in [9.17, 15) is 9.13 Å². The maximum Gasteiger partial charge on any atom is 0.283 e. The highest BCUT2D eigenvalue weighted by Gasteiger charge is 2.58. The monoisotopic (exact) mass is 515 g/mol. The Bertz CT molecular complexity index is 549. The Balaban J connectivity index is 3.63. The van der Waals surface area contributed by atoms with Crippen molar-refractivity contribution in [1.82, 2.24) is 5.32 Å². The highest BCUT2D eigenvalue weighted by molar-refractivity contribution is 7.77. The van der Waals surface area contributed by atoms with Gasteiger partial charge in [0.25, 0.3) is 14.7 Å². The van der Waals surface area contributed by atoms with Crippen LogP contribution in [0.2, 0.25) is 0 Å². The van der Waals surface area contributed by atoms with Crippen molar-refractivity contribution >= 4 is 14.7 Å². The molecule has 1 fully saturated rings. The van der Waals surface area contributed by atoms with Gasteiger partial charge in [-0.15, -0.1) is 0 Å². The molecule has 9 nitrogen and oxygen atoms in total. The molecule has 0 radical (unpaired) electrons. The maximum atomic E-state index is 14.7. The van der Waals surface area contributed by atoms with E-state index >= 15 is 0 Å². The van der Waals surface area contributed by atoms with Crippen LogP contribution in [0.5, 0.6) is 0 Å². The molecule has 1 N–H and O–H groups in total. The van der Waals surface area contributed by atoms with Gasteiger partial charge >= 0.3 is 0 Å². The summed E-state index contributed by atoms with van der Waals surface area (Å²) >= 11 is 0. The van der Waals surface area contributed by atoms with E-state index in [1.807, 2.05) is 0 Å². The van der Waals surface area contributed by atoms with Gasteiger partial charge < -0.3 is 28.0 Å². The Hall–Kier alpha value is 0.180. The van der Waals surface area contributed by atoms with Crippen LogP contribution < -0.4 is 5.32 Å². The molecule has 2 atom stereocenters. The summed E-state index contributed by atoms with van der Waals surface area (Å²) in [7, 11) is -7.82. The predicted octanol–water partition coefficient (Wildman–Crippen LogP) is 5.92. The highest BCUT2D eigenvalue weighted by Crippen LogP contribution is 2.72.